The summed E-state index contributed by atoms with van der Waals surface area (Å²) in [5.74, 6) is 5.05. The van der Waals surface area contributed by atoms with Crippen molar-refractivity contribution in [2.45, 2.75) is 32.6 Å². The summed E-state index contributed by atoms with van der Waals surface area (Å²) in [6.07, 6.45) is 2.88. The Kier molecular flexibility index (Phi) is 6.76. The van der Waals surface area contributed by atoms with E-state index in [-0.39, 0.29) is 12.4 Å². The lowest BCUT2D eigenvalue weighted by atomic mass is 10.2. The molecule has 2 heteroatoms. The molecule has 2 nitrogen and oxygen atoms in total. The lowest BCUT2D eigenvalue weighted by Crippen LogP contribution is -1.92. The highest BCUT2D eigenvalue weighted by Gasteiger charge is 1.93. The van der Waals surface area contributed by atoms with Crippen LogP contribution in [0.25, 0.3) is 0 Å². The summed E-state index contributed by atoms with van der Waals surface area (Å²) < 4.78 is 0. The van der Waals surface area contributed by atoms with Gasteiger partial charge in [0.2, 0.25) is 5.78 Å². The Labute approximate surface area is 67.6 Å². The molecule has 0 spiro atoms. The van der Waals surface area contributed by atoms with Gasteiger partial charge in [0.15, 0.2) is 0 Å². The number of unbranched alkanes of at least 4 members (excludes halogenated alkanes) is 1. The molecular weight excluding hydrogens is 140 g/mol. The third-order valence-electron chi connectivity index (χ3n) is 1.22. The molecule has 0 saturated carbocycles. The van der Waals surface area contributed by atoms with Crippen LogP contribution >= 0.6 is 0 Å². The zero-order chi connectivity index (χ0) is 8.53. The summed E-state index contributed by atoms with van der Waals surface area (Å²) in [6, 6.07) is 0. The number of ketones is 1. The highest BCUT2D eigenvalue weighted by atomic mass is 16.2. The summed E-state index contributed by atoms with van der Waals surface area (Å²) in [5.41, 5.74) is 0. The average Bonchev–Trinajstić information content (AvgIpc) is 2.01. The van der Waals surface area contributed by atoms with Gasteiger partial charge in [-0.3, -0.25) is 4.79 Å². The highest BCUT2D eigenvalue weighted by Crippen LogP contribution is 1.93. The van der Waals surface area contributed by atoms with Crippen molar-refractivity contribution in [1.29, 1.82) is 0 Å². The Morgan fingerprint density at radius 2 is 2.27 bits per heavy atom. The van der Waals surface area contributed by atoms with Gasteiger partial charge >= 0.3 is 0 Å². The molecule has 0 amide bonds. The van der Waals surface area contributed by atoms with Crippen molar-refractivity contribution in [3.63, 3.8) is 0 Å². The van der Waals surface area contributed by atoms with Gasteiger partial charge in [0.1, 0.15) is 0 Å². The minimum Gasteiger partial charge on any atom is -0.395 e. The summed E-state index contributed by atoms with van der Waals surface area (Å²) >= 11 is 0. The van der Waals surface area contributed by atoms with Crippen molar-refractivity contribution in [2.24, 2.45) is 0 Å². The van der Waals surface area contributed by atoms with Crippen LogP contribution in [0.3, 0.4) is 0 Å². The Hall–Kier alpha value is -0.810. The van der Waals surface area contributed by atoms with Crippen LogP contribution in [0.15, 0.2) is 0 Å². The number of hydrogen-bond acceptors (Lipinski definition) is 2. The molecule has 0 heterocycles. The average molecular weight is 154 g/mol. The molecule has 0 aromatic rings. The molecule has 0 aliphatic rings. The monoisotopic (exact) mass is 154 g/mol. The van der Waals surface area contributed by atoms with Crippen molar-refractivity contribution < 1.29 is 9.90 Å². The molecule has 0 aromatic heterocycles. The summed E-state index contributed by atoms with van der Waals surface area (Å²) in [7, 11) is 0. The van der Waals surface area contributed by atoms with E-state index in [4.69, 9.17) is 5.11 Å². The van der Waals surface area contributed by atoms with Crippen LogP contribution in [0.2, 0.25) is 0 Å². The number of carbonyl (C=O) groups is 1. The summed E-state index contributed by atoms with van der Waals surface area (Å²) in [6.45, 7) is 2.07. The van der Waals surface area contributed by atoms with Crippen molar-refractivity contribution in [2.75, 3.05) is 6.61 Å². The maximum Gasteiger partial charge on any atom is 0.205 e. The Bertz CT molecular complexity index is 162. The molecule has 1 N–H and O–H groups in total. The van der Waals surface area contributed by atoms with Crippen LogP contribution in [0.5, 0.6) is 0 Å². The van der Waals surface area contributed by atoms with E-state index in [0.29, 0.717) is 12.8 Å². The quantitative estimate of drug-likeness (QED) is 0.487. The van der Waals surface area contributed by atoms with Gasteiger partial charge < -0.3 is 5.11 Å². The number of rotatable bonds is 4. The standard InChI is InChI=1S/C9H14O2/c1-2-3-6-9(11)7-4-5-8-10/h10H,2-3,5-6,8H2,1H3. The van der Waals surface area contributed by atoms with Crippen molar-refractivity contribution >= 4 is 5.78 Å². The fraction of sp³-hybridized carbons (Fsp3) is 0.667. The van der Waals surface area contributed by atoms with E-state index in [2.05, 4.69) is 11.8 Å². The molecule has 0 aromatic carbocycles. The van der Waals surface area contributed by atoms with Crippen LogP contribution in [0.1, 0.15) is 32.6 Å². The zero-order valence-corrected chi connectivity index (χ0v) is 6.89. The number of aliphatic hydroxyl groups is 1. The number of Topliss-reactive ketones (excluding diaryl/α,β-unsaturated/α-hetero) is 1. The van der Waals surface area contributed by atoms with Gasteiger partial charge in [-0.25, -0.2) is 0 Å². The highest BCUT2D eigenvalue weighted by molar-refractivity contribution is 5.95. The minimum absolute atomic E-state index is 0.0136. The molecule has 0 rings (SSSR count). The molecule has 0 saturated heterocycles. The fourth-order valence-electron chi connectivity index (χ4n) is 0.617. The molecule has 0 radical (unpaired) electrons. The third kappa shape index (κ3) is 7.08. The normalized spacial score (nSPS) is 8.55. The van der Waals surface area contributed by atoms with Gasteiger partial charge in [-0.05, 0) is 12.3 Å². The zero-order valence-electron chi connectivity index (χ0n) is 6.89. The molecule has 11 heavy (non-hydrogen) atoms. The van der Waals surface area contributed by atoms with Crippen LogP contribution in [-0.4, -0.2) is 17.5 Å². The van der Waals surface area contributed by atoms with Gasteiger partial charge in [0, 0.05) is 12.8 Å². The van der Waals surface area contributed by atoms with E-state index in [1.807, 2.05) is 6.92 Å². The molecular formula is C9H14O2. The van der Waals surface area contributed by atoms with Crippen LogP contribution in [-0.2, 0) is 4.79 Å². The lowest BCUT2D eigenvalue weighted by Gasteiger charge is -1.87. The number of aliphatic hydroxyl groups excluding tert-OH is 1. The van der Waals surface area contributed by atoms with Crippen molar-refractivity contribution in [1.82, 2.24) is 0 Å². The van der Waals surface area contributed by atoms with Gasteiger partial charge in [-0.1, -0.05) is 19.3 Å². The second-order valence-electron chi connectivity index (χ2n) is 2.30. The van der Waals surface area contributed by atoms with E-state index in [1.165, 1.54) is 0 Å². The molecule has 0 aliphatic heterocycles. The maximum absolute atomic E-state index is 10.8. The molecule has 0 fully saturated rings. The fourth-order valence-corrected chi connectivity index (χ4v) is 0.617. The molecule has 62 valence electrons. The van der Waals surface area contributed by atoms with E-state index in [1.54, 1.807) is 0 Å². The van der Waals surface area contributed by atoms with Crippen LogP contribution < -0.4 is 0 Å². The second kappa shape index (κ2) is 7.30. The minimum atomic E-state index is -0.0136. The number of carbonyl (C=O) groups excluding carboxylic acids is 1. The Morgan fingerprint density at radius 1 is 1.55 bits per heavy atom. The predicted molar refractivity (Wildman–Crippen MR) is 44.0 cm³/mol. The van der Waals surface area contributed by atoms with Crippen LogP contribution in [0.4, 0.5) is 0 Å². The SMILES string of the molecule is CCCCC(=O)C#CCCO. The lowest BCUT2D eigenvalue weighted by molar-refractivity contribution is -0.113. The molecule has 0 aliphatic carbocycles. The third-order valence-corrected chi connectivity index (χ3v) is 1.22. The van der Waals surface area contributed by atoms with Gasteiger partial charge in [-0.2, -0.15) is 0 Å². The van der Waals surface area contributed by atoms with Crippen molar-refractivity contribution in [3.05, 3.63) is 0 Å². The first-order valence-electron chi connectivity index (χ1n) is 3.93. The first kappa shape index (κ1) is 10.2. The summed E-state index contributed by atoms with van der Waals surface area (Å²) in [4.78, 5) is 10.8. The van der Waals surface area contributed by atoms with E-state index >= 15 is 0 Å². The number of hydrogen-bond donors (Lipinski definition) is 1. The van der Waals surface area contributed by atoms with E-state index < -0.39 is 0 Å². The maximum atomic E-state index is 10.8. The molecule has 0 bridgehead atoms. The van der Waals surface area contributed by atoms with Gasteiger partial charge in [0.25, 0.3) is 0 Å². The van der Waals surface area contributed by atoms with Crippen LogP contribution in [0, 0.1) is 11.8 Å². The molecule has 0 atom stereocenters. The van der Waals surface area contributed by atoms with Gasteiger partial charge in [0.05, 0.1) is 6.61 Å². The van der Waals surface area contributed by atoms with E-state index in [0.717, 1.165) is 12.8 Å². The topological polar surface area (TPSA) is 37.3 Å². The summed E-state index contributed by atoms with van der Waals surface area (Å²) in [5, 5.41) is 8.34. The first-order valence-corrected chi connectivity index (χ1v) is 3.93. The molecule has 0 unspecified atom stereocenters. The van der Waals surface area contributed by atoms with Gasteiger partial charge in [-0.15, -0.1) is 0 Å². The smallest absolute Gasteiger partial charge is 0.205 e. The van der Waals surface area contributed by atoms with Crippen molar-refractivity contribution in [3.8, 4) is 11.8 Å². The second-order valence-corrected chi connectivity index (χ2v) is 2.30. The first-order chi connectivity index (χ1) is 5.31. The predicted octanol–water partition coefficient (Wildman–Crippen LogP) is 1.13. The van der Waals surface area contributed by atoms with E-state index in [9.17, 15) is 4.79 Å². The Morgan fingerprint density at radius 3 is 2.82 bits per heavy atom. The largest absolute Gasteiger partial charge is 0.395 e. The Balaban J connectivity index is 3.45.